The van der Waals surface area contributed by atoms with Crippen LogP contribution < -0.4 is 10.6 Å². The highest BCUT2D eigenvalue weighted by Crippen LogP contribution is 2.22. The zero-order valence-electron chi connectivity index (χ0n) is 10.7. The number of benzene rings is 2. The van der Waals surface area contributed by atoms with Gasteiger partial charge in [-0.3, -0.25) is 0 Å². The van der Waals surface area contributed by atoms with Gasteiger partial charge in [0.15, 0.2) is 0 Å². The summed E-state index contributed by atoms with van der Waals surface area (Å²) in [5, 5.41) is 0. The van der Waals surface area contributed by atoms with Crippen LogP contribution in [0.4, 0.5) is 11.4 Å². The van der Waals surface area contributed by atoms with E-state index in [9.17, 15) is 0 Å². The summed E-state index contributed by atoms with van der Waals surface area (Å²) < 4.78 is 0.949. The third-order valence-corrected chi connectivity index (χ3v) is 3.64. The molecular formula is C15H17BrN2. The molecule has 3 heteroatoms. The molecule has 0 amide bonds. The quantitative estimate of drug-likeness (QED) is 0.869. The molecule has 0 fully saturated rings. The molecule has 0 aliphatic rings. The molecule has 2 nitrogen and oxygen atoms in total. The van der Waals surface area contributed by atoms with Gasteiger partial charge in [0.1, 0.15) is 0 Å². The molecule has 0 spiro atoms. The molecule has 0 unspecified atom stereocenters. The lowest BCUT2D eigenvalue weighted by Gasteiger charge is -2.20. The fourth-order valence-corrected chi connectivity index (χ4v) is 2.17. The number of nitrogen functional groups attached to an aromatic ring is 1. The van der Waals surface area contributed by atoms with Gasteiger partial charge < -0.3 is 10.6 Å². The van der Waals surface area contributed by atoms with E-state index in [1.807, 2.05) is 12.1 Å². The maximum atomic E-state index is 5.89. The van der Waals surface area contributed by atoms with Gasteiger partial charge in [-0.05, 0) is 58.2 Å². The van der Waals surface area contributed by atoms with Gasteiger partial charge in [0, 0.05) is 29.4 Å². The first-order chi connectivity index (χ1) is 8.56. The molecule has 0 heterocycles. The van der Waals surface area contributed by atoms with Crippen molar-refractivity contribution in [2.45, 2.75) is 13.5 Å². The van der Waals surface area contributed by atoms with Crippen molar-refractivity contribution in [3.05, 3.63) is 58.1 Å². The first-order valence-corrected chi connectivity index (χ1v) is 6.67. The average molecular weight is 305 g/mol. The minimum atomic E-state index is 0.783. The Balaban J connectivity index is 2.16. The van der Waals surface area contributed by atoms with Crippen molar-refractivity contribution < 1.29 is 0 Å². The summed E-state index contributed by atoms with van der Waals surface area (Å²) in [7, 11) is 2.09. The second-order valence-corrected chi connectivity index (χ2v) is 5.41. The predicted molar refractivity (Wildman–Crippen MR) is 81.8 cm³/mol. The number of nitrogens with zero attached hydrogens (tertiary/aromatic N) is 1. The van der Waals surface area contributed by atoms with Gasteiger partial charge in [-0.2, -0.15) is 0 Å². The van der Waals surface area contributed by atoms with Gasteiger partial charge in [0.25, 0.3) is 0 Å². The fraction of sp³-hybridized carbons (Fsp3) is 0.200. The van der Waals surface area contributed by atoms with Crippen LogP contribution in [0, 0.1) is 6.92 Å². The summed E-state index contributed by atoms with van der Waals surface area (Å²) in [6.07, 6.45) is 0. The van der Waals surface area contributed by atoms with Crippen LogP contribution in [0.5, 0.6) is 0 Å². The first-order valence-electron chi connectivity index (χ1n) is 5.88. The van der Waals surface area contributed by atoms with Crippen LogP contribution in [-0.4, -0.2) is 7.05 Å². The van der Waals surface area contributed by atoms with Crippen molar-refractivity contribution >= 4 is 27.3 Å². The van der Waals surface area contributed by atoms with Gasteiger partial charge >= 0.3 is 0 Å². The summed E-state index contributed by atoms with van der Waals surface area (Å²) in [4.78, 5) is 2.22. The number of halogens is 1. The van der Waals surface area contributed by atoms with Crippen molar-refractivity contribution in [1.82, 2.24) is 0 Å². The number of aryl methyl sites for hydroxylation is 1. The topological polar surface area (TPSA) is 29.3 Å². The lowest BCUT2D eigenvalue weighted by atomic mass is 10.1. The van der Waals surface area contributed by atoms with Crippen LogP contribution in [-0.2, 0) is 6.54 Å². The lowest BCUT2D eigenvalue weighted by molar-refractivity contribution is 0.922. The molecule has 18 heavy (non-hydrogen) atoms. The maximum Gasteiger partial charge on any atom is 0.0461 e. The molecule has 0 aliphatic heterocycles. The smallest absolute Gasteiger partial charge is 0.0461 e. The summed E-state index contributed by atoms with van der Waals surface area (Å²) in [5.74, 6) is 0. The van der Waals surface area contributed by atoms with Gasteiger partial charge in [0.2, 0.25) is 0 Å². The Kier molecular flexibility index (Phi) is 3.92. The highest BCUT2D eigenvalue weighted by Gasteiger charge is 2.04. The van der Waals surface area contributed by atoms with Crippen LogP contribution in [0.15, 0.2) is 46.9 Å². The summed E-state index contributed by atoms with van der Waals surface area (Å²) in [6.45, 7) is 2.95. The van der Waals surface area contributed by atoms with E-state index in [1.165, 1.54) is 16.8 Å². The fourth-order valence-electron chi connectivity index (χ4n) is 1.92. The minimum Gasteiger partial charge on any atom is -0.398 e. The number of anilines is 2. The average Bonchev–Trinajstić information content (AvgIpc) is 2.34. The molecule has 0 bridgehead atoms. The predicted octanol–water partition coefficient (Wildman–Crippen LogP) is 3.98. The standard InChI is InChI=1S/C15H17BrN2/c1-11-4-3-5-13(8-11)18(2)10-12-6-7-14(16)15(17)9-12/h3-9H,10,17H2,1-2H3. The summed E-state index contributed by atoms with van der Waals surface area (Å²) in [5.41, 5.74) is 10.4. The second kappa shape index (κ2) is 5.44. The molecule has 2 rings (SSSR count). The van der Waals surface area contributed by atoms with Gasteiger partial charge in [-0.15, -0.1) is 0 Å². The van der Waals surface area contributed by atoms with Crippen molar-refractivity contribution in [3.8, 4) is 0 Å². The number of hydrogen-bond acceptors (Lipinski definition) is 2. The molecule has 0 atom stereocenters. The summed E-state index contributed by atoms with van der Waals surface area (Å²) in [6, 6.07) is 14.6. The molecule has 0 saturated heterocycles. The van der Waals surface area contributed by atoms with E-state index in [0.717, 1.165) is 16.7 Å². The Hall–Kier alpha value is -1.48. The van der Waals surface area contributed by atoms with Crippen molar-refractivity contribution in [2.75, 3.05) is 17.7 Å². The summed E-state index contributed by atoms with van der Waals surface area (Å²) >= 11 is 3.41. The van der Waals surface area contributed by atoms with E-state index in [2.05, 4.69) is 65.1 Å². The minimum absolute atomic E-state index is 0.783. The first kappa shape index (κ1) is 13.0. The van der Waals surface area contributed by atoms with Gasteiger partial charge in [-0.1, -0.05) is 18.2 Å². The Bertz CT molecular complexity index is 552. The molecule has 0 saturated carbocycles. The molecule has 0 aromatic heterocycles. The zero-order valence-corrected chi connectivity index (χ0v) is 12.2. The third kappa shape index (κ3) is 3.05. The van der Waals surface area contributed by atoms with Crippen LogP contribution in [0.1, 0.15) is 11.1 Å². The Morgan fingerprint density at radius 2 is 1.94 bits per heavy atom. The maximum absolute atomic E-state index is 5.89. The van der Waals surface area contributed by atoms with E-state index in [4.69, 9.17) is 5.73 Å². The lowest BCUT2D eigenvalue weighted by Crippen LogP contribution is -2.16. The normalized spacial score (nSPS) is 10.4. The molecule has 2 aromatic carbocycles. The van der Waals surface area contributed by atoms with Crippen molar-refractivity contribution in [1.29, 1.82) is 0 Å². The molecule has 2 aromatic rings. The van der Waals surface area contributed by atoms with Crippen LogP contribution in [0.2, 0.25) is 0 Å². The van der Waals surface area contributed by atoms with Crippen molar-refractivity contribution in [2.24, 2.45) is 0 Å². The highest BCUT2D eigenvalue weighted by atomic mass is 79.9. The van der Waals surface area contributed by atoms with E-state index in [0.29, 0.717) is 0 Å². The SMILES string of the molecule is Cc1cccc(N(C)Cc2ccc(Br)c(N)c2)c1. The van der Waals surface area contributed by atoms with Crippen LogP contribution >= 0.6 is 15.9 Å². The molecule has 0 radical (unpaired) electrons. The molecule has 2 N–H and O–H groups in total. The van der Waals surface area contributed by atoms with Crippen molar-refractivity contribution in [3.63, 3.8) is 0 Å². The van der Waals surface area contributed by atoms with E-state index >= 15 is 0 Å². The van der Waals surface area contributed by atoms with Gasteiger partial charge in [0.05, 0.1) is 0 Å². The highest BCUT2D eigenvalue weighted by molar-refractivity contribution is 9.10. The molecule has 0 aliphatic carbocycles. The zero-order chi connectivity index (χ0) is 13.1. The van der Waals surface area contributed by atoms with Crippen LogP contribution in [0.3, 0.4) is 0 Å². The van der Waals surface area contributed by atoms with Gasteiger partial charge in [-0.25, -0.2) is 0 Å². The largest absolute Gasteiger partial charge is 0.398 e. The third-order valence-electron chi connectivity index (χ3n) is 2.92. The van der Waals surface area contributed by atoms with E-state index < -0.39 is 0 Å². The van der Waals surface area contributed by atoms with E-state index in [-0.39, 0.29) is 0 Å². The molecule has 94 valence electrons. The number of nitrogens with two attached hydrogens (primary N) is 1. The second-order valence-electron chi connectivity index (χ2n) is 4.55. The number of rotatable bonds is 3. The monoisotopic (exact) mass is 304 g/mol. The van der Waals surface area contributed by atoms with Crippen LogP contribution in [0.25, 0.3) is 0 Å². The Morgan fingerprint density at radius 1 is 1.17 bits per heavy atom. The Morgan fingerprint density at radius 3 is 2.61 bits per heavy atom. The Labute approximate surface area is 117 Å². The molecular weight excluding hydrogens is 288 g/mol. The number of hydrogen-bond donors (Lipinski definition) is 1. The van der Waals surface area contributed by atoms with E-state index in [1.54, 1.807) is 0 Å².